The Morgan fingerprint density at radius 3 is 2.27 bits per heavy atom. The fraction of sp³-hybridized carbons (Fsp3) is 0.0625. The van der Waals surface area contributed by atoms with E-state index in [4.69, 9.17) is 5.21 Å². The summed E-state index contributed by atoms with van der Waals surface area (Å²) in [6.07, 6.45) is 9.10. The van der Waals surface area contributed by atoms with Crippen LogP contribution in [0.25, 0.3) is 12.2 Å². The second-order valence-electron chi connectivity index (χ2n) is 4.48. The molecule has 0 saturated heterocycles. The van der Waals surface area contributed by atoms with Gasteiger partial charge in [-0.1, -0.05) is 0 Å². The van der Waals surface area contributed by atoms with Crippen LogP contribution in [0.2, 0.25) is 0 Å². The Kier molecular flexibility index (Phi) is 5.00. The lowest BCUT2D eigenvalue weighted by Crippen LogP contribution is -2.14. The van der Waals surface area contributed by atoms with Crippen molar-refractivity contribution in [1.29, 1.82) is 0 Å². The summed E-state index contributed by atoms with van der Waals surface area (Å²) in [7, 11) is 1.81. The van der Waals surface area contributed by atoms with Gasteiger partial charge in [0.25, 0.3) is 5.91 Å². The molecule has 0 aliphatic rings. The van der Waals surface area contributed by atoms with E-state index in [9.17, 15) is 9.59 Å². The largest absolute Gasteiger partial charge is 0.345 e. The number of allylic oxidation sites excluding steroid dienone is 1. The highest BCUT2D eigenvalue weighted by atomic mass is 16.5. The number of hydroxylamine groups is 1. The second kappa shape index (κ2) is 7.14. The molecule has 2 aromatic rings. The van der Waals surface area contributed by atoms with Gasteiger partial charge in [-0.2, -0.15) is 0 Å². The average Bonchev–Trinajstić information content (AvgIpc) is 2.91. The lowest BCUT2D eigenvalue weighted by Gasteiger charge is -2.01. The zero-order chi connectivity index (χ0) is 15.9. The van der Waals surface area contributed by atoms with Gasteiger partial charge < -0.3 is 4.57 Å². The van der Waals surface area contributed by atoms with Gasteiger partial charge in [-0.25, -0.2) is 5.48 Å². The van der Waals surface area contributed by atoms with E-state index in [-0.39, 0.29) is 5.78 Å². The molecule has 112 valence electrons. The van der Waals surface area contributed by atoms with Gasteiger partial charge >= 0.3 is 0 Å². The van der Waals surface area contributed by atoms with E-state index in [1.807, 2.05) is 17.7 Å². The number of carbonyl (C=O) groups excluding carboxylic acids is 2. The molecule has 0 spiro atoms. The molecule has 0 aromatic carbocycles. The smallest absolute Gasteiger partial charge is 0.267 e. The third-order valence-corrected chi connectivity index (χ3v) is 3.09. The summed E-state index contributed by atoms with van der Waals surface area (Å²) in [5.41, 5.74) is 3.67. The summed E-state index contributed by atoms with van der Waals surface area (Å²) in [5.74, 6) is -0.716. The fourth-order valence-electron chi connectivity index (χ4n) is 1.85. The van der Waals surface area contributed by atoms with Crippen molar-refractivity contribution >= 4 is 23.8 Å². The molecule has 22 heavy (non-hydrogen) atoms. The SMILES string of the molecule is Cn1c(/C=C/C(=O)NO)ccc1/C=C/C(=O)c1ccncc1. The van der Waals surface area contributed by atoms with Crippen molar-refractivity contribution in [3.63, 3.8) is 0 Å². The first-order valence-corrected chi connectivity index (χ1v) is 6.52. The number of aromatic nitrogens is 2. The van der Waals surface area contributed by atoms with Crippen molar-refractivity contribution in [2.75, 3.05) is 0 Å². The highest BCUT2D eigenvalue weighted by Crippen LogP contribution is 2.11. The first-order chi connectivity index (χ1) is 10.6. The van der Waals surface area contributed by atoms with E-state index in [0.29, 0.717) is 5.56 Å². The van der Waals surface area contributed by atoms with Crippen molar-refractivity contribution in [1.82, 2.24) is 15.0 Å². The van der Waals surface area contributed by atoms with Crippen LogP contribution in [-0.4, -0.2) is 26.4 Å². The average molecular weight is 297 g/mol. The standard InChI is InChI=1S/C16H15N3O3/c1-19-13(2-3-14(19)5-7-16(21)18-22)4-6-15(20)12-8-10-17-11-9-12/h2-11,22H,1H3,(H,18,21)/b6-4+,7-5+. The Bertz CT molecular complexity index is 730. The molecule has 0 fully saturated rings. The first kappa shape index (κ1) is 15.4. The van der Waals surface area contributed by atoms with Crippen LogP contribution in [0.15, 0.2) is 48.8 Å². The molecule has 0 radical (unpaired) electrons. The van der Waals surface area contributed by atoms with E-state index >= 15 is 0 Å². The summed E-state index contributed by atoms with van der Waals surface area (Å²) >= 11 is 0. The van der Waals surface area contributed by atoms with Crippen molar-refractivity contribution in [2.24, 2.45) is 7.05 Å². The molecule has 2 heterocycles. The maximum absolute atomic E-state index is 12.0. The highest BCUT2D eigenvalue weighted by molar-refractivity contribution is 6.06. The number of nitrogens with one attached hydrogen (secondary N) is 1. The van der Waals surface area contributed by atoms with E-state index in [1.165, 1.54) is 17.6 Å². The molecule has 0 atom stereocenters. The maximum atomic E-state index is 12.0. The summed E-state index contributed by atoms with van der Waals surface area (Å²) < 4.78 is 1.82. The molecule has 6 heteroatoms. The van der Waals surface area contributed by atoms with Crippen LogP contribution < -0.4 is 5.48 Å². The lowest BCUT2D eigenvalue weighted by atomic mass is 10.1. The Morgan fingerprint density at radius 2 is 1.68 bits per heavy atom. The third kappa shape index (κ3) is 3.77. The number of amides is 1. The number of hydrogen-bond donors (Lipinski definition) is 2. The van der Waals surface area contributed by atoms with E-state index < -0.39 is 5.91 Å². The van der Waals surface area contributed by atoms with E-state index in [1.54, 1.807) is 42.7 Å². The minimum absolute atomic E-state index is 0.111. The number of nitrogens with zero attached hydrogens (tertiary/aromatic N) is 2. The van der Waals surface area contributed by atoms with Crippen molar-refractivity contribution in [3.8, 4) is 0 Å². The summed E-state index contributed by atoms with van der Waals surface area (Å²) in [5, 5.41) is 8.43. The molecule has 2 aromatic heterocycles. The quantitative estimate of drug-likeness (QED) is 0.382. The Hall–Kier alpha value is -2.99. The number of ketones is 1. The van der Waals surface area contributed by atoms with Gasteiger partial charge in [-0.15, -0.1) is 0 Å². The van der Waals surface area contributed by atoms with Crippen LogP contribution in [-0.2, 0) is 11.8 Å². The van der Waals surface area contributed by atoms with Crippen LogP contribution in [0.1, 0.15) is 21.7 Å². The molecular formula is C16H15N3O3. The molecule has 6 nitrogen and oxygen atoms in total. The molecule has 0 aliphatic carbocycles. The molecule has 1 amide bonds. The van der Waals surface area contributed by atoms with Crippen LogP contribution in [0.3, 0.4) is 0 Å². The molecule has 0 unspecified atom stereocenters. The van der Waals surface area contributed by atoms with Gasteiger partial charge in [0.05, 0.1) is 0 Å². The number of hydrogen-bond acceptors (Lipinski definition) is 4. The third-order valence-electron chi connectivity index (χ3n) is 3.09. The normalized spacial score (nSPS) is 11.2. The molecule has 2 N–H and O–H groups in total. The number of rotatable bonds is 5. The molecule has 0 bridgehead atoms. The van der Waals surface area contributed by atoms with Crippen LogP contribution in [0.5, 0.6) is 0 Å². The number of pyridine rings is 1. The lowest BCUT2D eigenvalue weighted by molar-refractivity contribution is -0.124. The minimum atomic E-state index is -0.605. The number of carbonyl (C=O) groups is 2. The predicted molar refractivity (Wildman–Crippen MR) is 82.0 cm³/mol. The van der Waals surface area contributed by atoms with Crippen molar-refractivity contribution in [3.05, 3.63) is 65.8 Å². The van der Waals surface area contributed by atoms with Gasteiger partial charge in [0, 0.05) is 42.5 Å². The summed E-state index contributed by atoms with van der Waals surface area (Å²) in [6, 6.07) is 6.93. The van der Waals surface area contributed by atoms with Crippen LogP contribution in [0, 0.1) is 0 Å². The zero-order valence-corrected chi connectivity index (χ0v) is 11.9. The van der Waals surface area contributed by atoms with Gasteiger partial charge in [-0.05, 0) is 42.5 Å². The zero-order valence-electron chi connectivity index (χ0n) is 11.9. The molecule has 2 rings (SSSR count). The Morgan fingerprint density at radius 1 is 1.09 bits per heavy atom. The minimum Gasteiger partial charge on any atom is -0.345 e. The van der Waals surface area contributed by atoms with Crippen molar-refractivity contribution in [2.45, 2.75) is 0 Å². The monoisotopic (exact) mass is 297 g/mol. The predicted octanol–water partition coefficient (Wildman–Crippen LogP) is 1.83. The summed E-state index contributed by atoms with van der Waals surface area (Å²) in [4.78, 5) is 26.8. The van der Waals surface area contributed by atoms with Gasteiger partial charge in [0.1, 0.15) is 0 Å². The fourth-order valence-corrected chi connectivity index (χ4v) is 1.85. The Balaban J connectivity index is 2.13. The van der Waals surface area contributed by atoms with Gasteiger partial charge in [-0.3, -0.25) is 19.8 Å². The molecule has 0 saturated carbocycles. The molecular weight excluding hydrogens is 282 g/mol. The van der Waals surface area contributed by atoms with E-state index in [0.717, 1.165) is 11.4 Å². The van der Waals surface area contributed by atoms with Crippen LogP contribution in [0.4, 0.5) is 0 Å². The summed E-state index contributed by atoms with van der Waals surface area (Å²) in [6.45, 7) is 0. The van der Waals surface area contributed by atoms with Crippen molar-refractivity contribution < 1.29 is 14.8 Å². The molecule has 0 aliphatic heterocycles. The van der Waals surface area contributed by atoms with Crippen LogP contribution >= 0.6 is 0 Å². The first-order valence-electron chi connectivity index (χ1n) is 6.52. The highest BCUT2D eigenvalue weighted by Gasteiger charge is 2.03. The second-order valence-corrected chi connectivity index (χ2v) is 4.48. The van der Waals surface area contributed by atoms with Gasteiger partial charge in [0.15, 0.2) is 5.78 Å². The Labute approximate surface area is 127 Å². The van der Waals surface area contributed by atoms with E-state index in [2.05, 4.69) is 4.98 Å². The maximum Gasteiger partial charge on any atom is 0.267 e. The van der Waals surface area contributed by atoms with Gasteiger partial charge in [0.2, 0.25) is 0 Å². The topological polar surface area (TPSA) is 84.2 Å².